The first kappa shape index (κ1) is 15.1. The zero-order chi connectivity index (χ0) is 14.4. The van der Waals surface area contributed by atoms with Crippen molar-refractivity contribution in [2.24, 2.45) is 7.05 Å². The molecule has 1 N–H and O–H groups in total. The standard InChI is InChI=1S/C16H22ClN3/c1-3-18-15(8-9-16-19-10-11-20(16)2)12-13-4-6-14(17)7-5-13/h4-7,10-11,15,18H,3,8-9,12H2,1-2H3. The number of imidazole rings is 1. The van der Waals surface area contributed by atoms with Crippen molar-refractivity contribution >= 4 is 11.6 Å². The number of rotatable bonds is 7. The first-order valence-corrected chi connectivity index (χ1v) is 7.51. The second-order valence-electron chi connectivity index (χ2n) is 5.08. The van der Waals surface area contributed by atoms with Gasteiger partial charge in [0.1, 0.15) is 5.82 Å². The van der Waals surface area contributed by atoms with E-state index in [2.05, 4.69) is 33.9 Å². The van der Waals surface area contributed by atoms with Gasteiger partial charge in [0, 0.05) is 36.9 Å². The number of aromatic nitrogens is 2. The summed E-state index contributed by atoms with van der Waals surface area (Å²) in [4.78, 5) is 4.38. The molecule has 0 bridgehead atoms. The minimum atomic E-state index is 0.470. The molecule has 3 nitrogen and oxygen atoms in total. The van der Waals surface area contributed by atoms with Crippen LogP contribution in [0, 0.1) is 0 Å². The van der Waals surface area contributed by atoms with Crippen molar-refractivity contribution in [2.45, 2.75) is 32.2 Å². The molecule has 2 aromatic rings. The average molecular weight is 292 g/mol. The van der Waals surface area contributed by atoms with Crippen LogP contribution < -0.4 is 5.32 Å². The summed E-state index contributed by atoms with van der Waals surface area (Å²) in [5.41, 5.74) is 1.32. The molecule has 108 valence electrons. The van der Waals surface area contributed by atoms with E-state index < -0.39 is 0 Å². The molecule has 0 aliphatic heterocycles. The normalized spacial score (nSPS) is 12.6. The summed E-state index contributed by atoms with van der Waals surface area (Å²) >= 11 is 5.93. The first-order valence-electron chi connectivity index (χ1n) is 7.13. The Morgan fingerprint density at radius 2 is 2.05 bits per heavy atom. The van der Waals surface area contributed by atoms with Gasteiger partial charge in [0.05, 0.1) is 0 Å². The monoisotopic (exact) mass is 291 g/mol. The van der Waals surface area contributed by atoms with Crippen molar-refractivity contribution < 1.29 is 0 Å². The fraction of sp³-hybridized carbons (Fsp3) is 0.438. The molecule has 0 spiro atoms. The van der Waals surface area contributed by atoms with Crippen LogP contribution in [0.4, 0.5) is 0 Å². The van der Waals surface area contributed by atoms with Gasteiger partial charge in [-0.2, -0.15) is 0 Å². The number of aryl methyl sites for hydroxylation is 2. The van der Waals surface area contributed by atoms with E-state index in [-0.39, 0.29) is 0 Å². The third kappa shape index (κ3) is 4.36. The minimum Gasteiger partial charge on any atom is -0.338 e. The summed E-state index contributed by atoms with van der Waals surface area (Å²) < 4.78 is 2.09. The lowest BCUT2D eigenvalue weighted by Crippen LogP contribution is -2.31. The maximum Gasteiger partial charge on any atom is 0.108 e. The smallest absolute Gasteiger partial charge is 0.108 e. The van der Waals surface area contributed by atoms with E-state index >= 15 is 0 Å². The maximum absolute atomic E-state index is 5.93. The number of likely N-dealkylation sites (N-methyl/N-ethyl adjacent to an activating group) is 1. The van der Waals surface area contributed by atoms with Crippen LogP contribution in [0.5, 0.6) is 0 Å². The minimum absolute atomic E-state index is 0.470. The van der Waals surface area contributed by atoms with E-state index in [4.69, 9.17) is 11.6 Å². The van der Waals surface area contributed by atoms with E-state index in [0.29, 0.717) is 6.04 Å². The molecule has 0 fully saturated rings. The predicted molar refractivity (Wildman–Crippen MR) is 84.1 cm³/mol. The van der Waals surface area contributed by atoms with Gasteiger partial charge in [0.25, 0.3) is 0 Å². The van der Waals surface area contributed by atoms with E-state index in [1.54, 1.807) is 0 Å². The molecular weight excluding hydrogens is 270 g/mol. The van der Waals surface area contributed by atoms with Crippen molar-refractivity contribution in [1.29, 1.82) is 0 Å². The second kappa shape index (κ2) is 7.46. The van der Waals surface area contributed by atoms with Gasteiger partial charge in [-0.15, -0.1) is 0 Å². The molecule has 0 aliphatic rings. The number of hydrogen-bond donors (Lipinski definition) is 1. The first-order chi connectivity index (χ1) is 9.69. The molecule has 1 atom stereocenters. The van der Waals surface area contributed by atoms with Crippen LogP contribution in [0.2, 0.25) is 5.02 Å². The van der Waals surface area contributed by atoms with Crippen LogP contribution in [0.3, 0.4) is 0 Å². The lowest BCUT2D eigenvalue weighted by Gasteiger charge is -2.18. The summed E-state index contributed by atoms with van der Waals surface area (Å²) in [5.74, 6) is 1.14. The van der Waals surface area contributed by atoms with Gasteiger partial charge in [0.2, 0.25) is 0 Å². The zero-order valence-electron chi connectivity index (χ0n) is 12.1. The highest BCUT2D eigenvalue weighted by molar-refractivity contribution is 6.30. The average Bonchev–Trinajstić information content (AvgIpc) is 2.84. The van der Waals surface area contributed by atoms with Gasteiger partial charge in [0.15, 0.2) is 0 Å². The molecule has 1 aromatic heterocycles. The highest BCUT2D eigenvalue weighted by Gasteiger charge is 2.10. The Morgan fingerprint density at radius 3 is 2.65 bits per heavy atom. The van der Waals surface area contributed by atoms with Crippen molar-refractivity contribution in [2.75, 3.05) is 6.54 Å². The highest BCUT2D eigenvalue weighted by atomic mass is 35.5. The van der Waals surface area contributed by atoms with Crippen molar-refractivity contribution in [1.82, 2.24) is 14.9 Å². The van der Waals surface area contributed by atoms with Crippen molar-refractivity contribution in [3.63, 3.8) is 0 Å². The molecule has 0 aliphatic carbocycles. The van der Waals surface area contributed by atoms with E-state index in [9.17, 15) is 0 Å². The van der Waals surface area contributed by atoms with Crippen LogP contribution >= 0.6 is 11.6 Å². The number of benzene rings is 1. The number of nitrogens with zero attached hydrogens (tertiary/aromatic N) is 2. The Kier molecular flexibility index (Phi) is 5.62. The molecule has 4 heteroatoms. The van der Waals surface area contributed by atoms with Crippen LogP contribution in [0.1, 0.15) is 24.7 Å². The Labute approximate surface area is 126 Å². The summed E-state index contributed by atoms with van der Waals surface area (Å²) in [6.45, 7) is 3.13. The lowest BCUT2D eigenvalue weighted by molar-refractivity contribution is 0.483. The molecular formula is C16H22ClN3. The van der Waals surface area contributed by atoms with Crippen molar-refractivity contribution in [3.05, 3.63) is 53.1 Å². The van der Waals surface area contributed by atoms with Crippen LogP contribution in [0.15, 0.2) is 36.7 Å². The summed E-state index contributed by atoms with van der Waals surface area (Å²) in [6, 6.07) is 8.59. The summed E-state index contributed by atoms with van der Waals surface area (Å²) in [7, 11) is 2.05. The fourth-order valence-electron chi connectivity index (χ4n) is 2.41. The van der Waals surface area contributed by atoms with Gasteiger partial charge in [-0.05, 0) is 37.1 Å². The molecule has 1 aromatic carbocycles. The van der Waals surface area contributed by atoms with Crippen LogP contribution in [-0.4, -0.2) is 22.1 Å². The molecule has 2 rings (SSSR count). The fourth-order valence-corrected chi connectivity index (χ4v) is 2.54. The molecule has 20 heavy (non-hydrogen) atoms. The number of nitrogens with one attached hydrogen (secondary N) is 1. The Balaban J connectivity index is 1.93. The largest absolute Gasteiger partial charge is 0.338 e. The second-order valence-corrected chi connectivity index (χ2v) is 5.51. The maximum atomic E-state index is 5.93. The predicted octanol–water partition coefficient (Wildman–Crippen LogP) is 3.23. The van der Waals surface area contributed by atoms with Crippen LogP contribution in [0.25, 0.3) is 0 Å². The third-order valence-corrected chi connectivity index (χ3v) is 3.78. The van der Waals surface area contributed by atoms with Gasteiger partial charge >= 0.3 is 0 Å². The van der Waals surface area contributed by atoms with Gasteiger partial charge in [-0.3, -0.25) is 0 Å². The zero-order valence-corrected chi connectivity index (χ0v) is 12.9. The van der Waals surface area contributed by atoms with E-state index in [1.165, 1.54) is 5.56 Å². The van der Waals surface area contributed by atoms with Crippen LogP contribution in [-0.2, 0) is 19.9 Å². The van der Waals surface area contributed by atoms with Crippen molar-refractivity contribution in [3.8, 4) is 0 Å². The summed E-state index contributed by atoms with van der Waals surface area (Å²) in [6.07, 6.45) is 6.96. The Bertz CT molecular complexity index is 519. The van der Waals surface area contributed by atoms with E-state index in [0.717, 1.165) is 36.7 Å². The number of halogens is 1. The van der Waals surface area contributed by atoms with Gasteiger partial charge in [-0.1, -0.05) is 30.7 Å². The molecule has 1 heterocycles. The molecule has 0 amide bonds. The lowest BCUT2D eigenvalue weighted by atomic mass is 10.0. The molecule has 1 unspecified atom stereocenters. The van der Waals surface area contributed by atoms with Gasteiger partial charge in [-0.25, -0.2) is 4.98 Å². The molecule has 0 saturated carbocycles. The SMILES string of the molecule is CCNC(CCc1nccn1C)Cc1ccc(Cl)cc1. The Morgan fingerprint density at radius 1 is 1.30 bits per heavy atom. The quantitative estimate of drug-likeness (QED) is 0.849. The number of hydrogen-bond acceptors (Lipinski definition) is 2. The van der Waals surface area contributed by atoms with E-state index in [1.807, 2.05) is 31.6 Å². The molecule has 0 saturated heterocycles. The Hall–Kier alpha value is -1.32. The molecule has 0 radical (unpaired) electrons. The third-order valence-electron chi connectivity index (χ3n) is 3.53. The topological polar surface area (TPSA) is 29.9 Å². The summed E-state index contributed by atoms with van der Waals surface area (Å²) in [5, 5.41) is 4.35. The highest BCUT2D eigenvalue weighted by Crippen LogP contribution is 2.13. The van der Waals surface area contributed by atoms with Gasteiger partial charge < -0.3 is 9.88 Å².